The van der Waals surface area contributed by atoms with E-state index >= 15 is 0 Å². The monoisotopic (exact) mass is 254 g/mol. The van der Waals surface area contributed by atoms with Gasteiger partial charge in [0.2, 0.25) is 0 Å². The molecule has 0 saturated carbocycles. The Hall–Kier alpha value is -2.56. The van der Waals surface area contributed by atoms with Crippen molar-refractivity contribution in [1.29, 1.82) is 0 Å². The molecule has 0 aliphatic carbocycles. The van der Waals surface area contributed by atoms with Crippen molar-refractivity contribution in [2.45, 2.75) is 13.3 Å². The van der Waals surface area contributed by atoms with E-state index in [2.05, 4.69) is 20.5 Å². The number of benzene rings is 1. The third-order valence-corrected chi connectivity index (χ3v) is 3.15. The second-order valence-corrected chi connectivity index (χ2v) is 4.36. The number of aryl methyl sites for hydroxylation is 1. The number of amides is 1. The number of nitrogens with zero attached hydrogens (tertiary/aromatic N) is 1. The first kappa shape index (κ1) is 11.5. The summed E-state index contributed by atoms with van der Waals surface area (Å²) in [5, 5.41) is 10.6. The molecule has 19 heavy (non-hydrogen) atoms. The highest BCUT2D eigenvalue weighted by molar-refractivity contribution is 6.06. The number of aromatic nitrogens is 3. The van der Waals surface area contributed by atoms with Gasteiger partial charge < -0.3 is 10.3 Å². The standard InChI is InChI=1S/C14H14N4O/c1-2-9-8-16-18-13(9)17-14(19)11-3-4-12-10(7-11)5-6-15-12/h3-8,15H,2H2,1H3,(H2,16,17,18,19). The molecule has 2 heterocycles. The number of hydrogen-bond acceptors (Lipinski definition) is 2. The summed E-state index contributed by atoms with van der Waals surface area (Å²) < 4.78 is 0. The highest BCUT2D eigenvalue weighted by atomic mass is 16.1. The maximum Gasteiger partial charge on any atom is 0.256 e. The molecule has 5 heteroatoms. The first-order valence-corrected chi connectivity index (χ1v) is 6.18. The lowest BCUT2D eigenvalue weighted by molar-refractivity contribution is 0.102. The van der Waals surface area contributed by atoms with Crippen LogP contribution < -0.4 is 5.32 Å². The molecule has 1 aromatic carbocycles. The molecule has 0 radical (unpaired) electrons. The van der Waals surface area contributed by atoms with Gasteiger partial charge in [0.25, 0.3) is 5.91 Å². The van der Waals surface area contributed by atoms with Crippen molar-refractivity contribution in [2.75, 3.05) is 5.32 Å². The number of aromatic amines is 2. The summed E-state index contributed by atoms with van der Waals surface area (Å²) in [5.74, 6) is 0.531. The Morgan fingerprint density at radius 2 is 2.26 bits per heavy atom. The zero-order valence-corrected chi connectivity index (χ0v) is 10.5. The Kier molecular flexibility index (Phi) is 2.79. The molecule has 5 nitrogen and oxygen atoms in total. The number of anilines is 1. The van der Waals surface area contributed by atoms with Crippen molar-refractivity contribution < 1.29 is 4.79 Å². The molecule has 2 aromatic heterocycles. The summed E-state index contributed by atoms with van der Waals surface area (Å²) in [6.07, 6.45) is 4.41. The van der Waals surface area contributed by atoms with Crippen LogP contribution in [0.1, 0.15) is 22.8 Å². The lowest BCUT2D eigenvalue weighted by Crippen LogP contribution is -2.13. The van der Waals surface area contributed by atoms with Crippen molar-refractivity contribution in [1.82, 2.24) is 15.2 Å². The quantitative estimate of drug-likeness (QED) is 0.672. The van der Waals surface area contributed by atoms with Crippen LogP contribution in [0.2, 0.25) is 0 Å². The number of nitrogens with one attached hydrogen (secondary N) is 3. The normalized spacial score (nSPS) is 10.8. The average molecular weight is 254 g/mol. The van der Waals surface area contributed by atoms with Crippen LogP contribution in [0.5, 0.6) is 0 Å². The van der Waals surface area contributed by atoms with Crippen molar-refractivity contribution in [3.8, 4) is 0 Å². The van der Waals surface area contributed by atoms with E-state index in [9.17, 15) is 4.79 Å². The molecule has 0 spiro atoms. The summed E-state index contributed by atoms with van der Waals surface area (Å²) in [6.45, 7) is 2.02. The van der Waals surface area contributed by atoms with Crippen LogP contribution in [0.25, 0.3) is 10.9 Å². The molecule has 3 rings (SSSR count). The second-order valence-electron chi connectivity index (χ2n) is 4.36. The molecule has 3 aromatic rings. The molecule has 3 N–H and O–H groups in total. The molecule has 0 unspecified atom stereocenters. The maximum atomic E-state index is 12.2. The van der Waals surface area contributed by atoms with Crippen molar-refractivity contribution in [2.24, 2.45) is 0 Å². The number of fused-ring (bicyclic) bond motifs is 1. The van der Waals surface area contributed by atoms with Gasteiger partial charge in [-0.3, -0.25) is 9.89 Å². The number of H-pyrrole nitrogens is 2. The van der Waals surface area contributed by atoms with Crippen LogP contribution in [0, 0.1) is 0 Å². The predicted molar refractivity (Wildman–Crippen MR) is 74.2 cm³/mol. The maximum absolute atomic E-state index is 12.2. The smallest absolute Gasteiger partial charge is 0.256 e. The van der Waals surface area contributed by atoms with E-state index in [0.717, 1.165) is 22.9 Å². The van der Waals surface area contributed by atoms with Gasteiger partial charge in [0.15, 0.2) is 0 Å². The molecule has 0 aliphatic heterocycles. The number of hydrogen-bond donors (Lipinski definition) is 3. The number of carbonyl (C=O) groups excluding carboxylic acids is 1. The zero-order chi connectivity index (χ0) is 13.2. The van der Waals surface area contributed by atoms with Crippen LogP contribution in [-0.4, -0.2) is 21.1 Å². The second kappa shape index (κ2) is 4.61. The molecule has 0 bridgehead atoms. The van der Waals surface area contributed by atoms with E-state index in [1.165, 1.54) is 0 Å². The first-order chi connectivity index (χ1) is 9.28. The summed E-state index contributed by atoms with van der Waals surface area (Å²) in [4.78, 5) is 15.3. The summed E-state index contributed by atoms with van der Waals surface area (Å²) in [5.41, 5.74) is 2.65. The van der Waals surface area contributed by atoms with Crippen LogP contribution in [0.3, 0.4) is 0 Å². The van der Waals surface area contributed by atoms with Gasteiger partial charge in [-0.15, -0.1) is 0 Å². The van der Waals surface area contributed by atoms with Crippen LogP contribution in [0.15, 0.2) is 36.7 Å². The first-order valence-electron chi connectivity index (χ1n) is 6.18. The van der Waals surface area contributed by atoms with Crippen LogP contribution >= 0.6 is 0 Å². The highest BCUT2D eigenvalue weighted by Crippen LogP contribution is 2.17. The Bertz CT molecular complexity index is 726. The zero-order valence-electron chi connectivity index (χ0n) is 10.5. The number of rotatable bonds is 3. The molecule has 1 amide bonds. The summed E-state index contributed by atoms with van der Waals surface area (Å²) >= 11 is 0. The largest absolute Gasteiger partial charge is 0.361 e. The topological polar surface area (TPSA) is 73.6 Å². The fourth-order valence-electron chi connectivity index (χ4n) is 2.07. The van der Waals surface area contributed by atoms with E-state index < -0.39 is 0 Å². The van der Waals surface area contributed by atoms with Crippen molar-refractivity contribution in [3.63, 3.8) is 0 Å². The fourth-order valence-corrected chi connectivity index (χ4v) is 2.07. The Morgan fingerprint density at radius 3 is 3.11 bits per heavy atom. The minimum Gasteiger partial charge on any atom is -0.361 e. The molecule has 0 fully saturated rings. The SMILES string of the molecule is CCc1cn[nH]c1NC(=O)c1ccc2[nH]ccc2c1. The van der Waals surface area contributed by atoms with E-state index in [4.69, 9.17) is 0 Å². The third kappa shape index (κ3) is 2.10. The van der Waals surface area contributed by atoms with Gasteiger partial charge in [0, 0.05) is 28.2 Å². The third-order valence-electron chi connectivity index (χ3n) is 3.15. The predicted octanol–water partition coefficient (Wildman–Crippen LogP) is 2.71. The van der Waals surface area contributed by atoms with E-state index in [1.54, 1.807) is 12.3 Å². The lowest BCUT2D eigenvalue weighted by atomic mass is 10.1. The van der Waals surface area contributed by atoms with Gasteiger partial charge in [0.1, 0.15) is 5.82 Å². The van der Waals surface area contributed by atoms with Gasteiger partial charge in [-0.05, 0) is 30.7 Å². The van der Waals surface area contributed by atoms with Gasteiger partial charge in [-0.25, -0.2) is 0 Å². The molecule has 0 atom stereocenters. The van der Waals surface area contributed by atoms with Crippen molar-refractivity contribution >= 4 is 22.6 Å². The van der Waals surface area contributed by atoms with Gasteiger partial charge in [-0.2, -0.15) is 5.10 Å². The van der Waals surface area contributed by atoms with Crippen LogP contribution in [0.4, 0.5) is 5.82 Å². The van der Waals surface area contributed by atoms with Crippen molar-refractivity contribution in [3.05, 3.63) is 47.8 Å². The fraction of sp³-hybridized carbons (Fsp3) is 0.143. The minimum absolute atomic E-state index is 0.137. The van der Waals surface area contributed by atoms with E-state index in [-0.39, 0.29) is 5.91 Å². The molecular weight excluding hydrogens is 240 g/mol. The Labute approximate surface area is 110 Å². The summed E-state index contributed by atoms with van der Waals surface area (Å²) in [6, 6.07) is 7.51. The van der Waals surface area contributed by atoms with E-state index in [0.29, 0.717) is 11.4 Å². The number of carbonyl (C=O) groups is 1. The van der Waals surface area contributed by atoms with Crippen LogP contribution in [-0.2, 0) is 6.42 Å². The Morgan fingerprint density at radius 1 is 1.37 bits per heavy atom. The minimum atomic E-state index is -0.137. The molecule has 0 saturated heterocycles. The molecule has 96 valence electrons. The van der Waals surface area contributed by atoms with Gasteiger partial charge in [-0.1, -0.05) is 6.92 Å². The molecule has 0 aliphatic rings. The molecular formula is C14H14N4O. The average Bonchev–Trinajstić information content (AvgIpc) is 3.05. The Balaban J connectivity index is 1.87. The van der Waals surface area contributed by atoms with Gasteiger partial charge in [0.05, 0.1) is 6.20 Å². The highest BCUT2D eigenvalue weighted by Gasteiger charge is 2.10. The summed E-state index contributed by atoms with van der Waals surface area (Å²) in [7, 11) is 0. The van der Waals surface area contributed by atoms with Gasteiger partial charge >= 0.3 is 0 Å². The van der Waals surface area contributed by atoms with E-state index in [1.807, 2.05) is 31.3 Å². The lowest BCUT2D eigenvalue weighted by Gasteiger charge is -2.05.